The molecular weight excluding hydrogens is 370 g/mol. The molecule has 1 aliphatic heterocycles. The molecule has 2 aromatic heterocycles. The summed E-state index contributed by atoms with van der Waals surface area (Å²) in [5.41, 5.74) is 1.20. The van der Waals surface area contributed by atoms with Gasteiger partial charge < -0.3 is 9.64 Å². The van der Waals surface area contributed by atoms with Gasteiger partial charge >= 0.3 is 5.97 Å². The summed E-state index contributed by atoms with van der Waals surface area (Å²) >= 11 is 1.70. The molecule has 6 heteroatoms. The number of hydrogen-bond acceptors (Lipinski definition) is 6. The number of hydrogen-bond donors (Lipinski definition) is 0. The van der Waals surface area contributed by atoms with E-state index < -0.39 is 0 Å². The second kappa shape index (κ2) is 8.27. The van der Waals surface area contributed by atoms with Crippen LogP contribution in [0.4, 0.5) is 5.82 Å². The highest BCUT2D eigenvalue weighted by Gasteiger charge is 2.29. The van der Waals surface area contributed by atoms with Crippen LogP contribution in [0.15, 0.2) is 36.4 Å². The molecule has 0 spiro atoms. The topological polar surface area (TPSA) is 55.3 Å². The SMILES string of the molecule is CCOC(=O)C1CCCN(c2nc(Cc3ccccc3)nc3sc(C)cc23)C1. The van der Waals surface area contributed by atoms with Crippen LogP contribution in [-0.4, -0.2) is 35.6 Å². The Bertz CT molecular complexity index is 971. The first kappa shape index (κ1) is 18.9. The lowest BCUT2D eigenvalue weighted by molar-refractivity contribution is -0.148. The highest BCUT2D eigenvalue weighted by Crippen LogP contribution is 2.33. The van der Waals surface area contributed by atoms with Crippen molar-refractivity contribution >= 4 is 33.3 Å². The quantitative estimate of drug-likeness (QED) is 0.601. The lowest BCUT2D eigenvalue weighted by Gasteiger charge is -2.32. The molecule has 1 aliphatic rings. The highest BCUT2D eigenvalue weighted by molar-refractivity contribution is 7.18. The van der Waals surface area contributed by atoms with E-state index in [1.807, 2.05) is 25.1 Å². The molecule has 0 amide bonds. The van der Waals surface area contributed by atoms with Crippen LogP contribution < -0.4 is 4.90 Å². The van der Waals surface area contributed by atoms with Crippen molar-refractivity contribution in [2.45, 2.75) is 33.1 Å². The van der Waals surface area contributed by atoms with Gasteiger partial charge in [0.1, 0.15) is 16.5 Å². The van der Waals surface area contributed by atoms with Gasteiger partial charge in [0.2, 0.25) is 0 Å². The number of esters is 1. The van der Waals surface area contributed by atoms with Gasteiger partial charge in [-0.25, -0.2) is 9.97 Å². The summed E-state index contributed by atoms with van der Waals surface area (Å²) in [5, 5.41) is 1.09. The smallest absolute Gasteiger partial charge is 0.310 e. The number of thiophene rings is 1. The van der Waals surface area contributed by atoms with Crippen molar-refractivity contribution in [3.63, 3.8) is 0 Å². The van der Waals surface area contributed by atoms with E-state index in [1.54, 1.807) is 11.3 Å². The number of benzene rings is 1. The number of ether oxygens (including phenoxy) is 1. The molecule has 0 bridgehead atoms. The second-order valence-corrected chi connectivity index (χ2v) is 8.47. The van der Waals surface area contributed by atoms with E-state index >= 15 is 0 Å². The van der Waals surface area contributed by atoms with Crippen molar-refractivity contribution in [1.29, 1.82) is 0 Å². The van der Waals surface area contributed by atoms with E-state index in [1.165, 1.54) is 10.4 Å². The summed E-state index contributed by atoms with van der Waals surface area (Å²) in [4.78, 5) is 26.5. The van der Waals surface area contributed by atoms with Gasteiger partial charge in [-0.2, -0.15) is 0 Å². The molecular formula is C22H25N3O2S. The fraction of sp³-hybridized carbons (Fsp3) is 0.409. The second-order valence-electron chi connectivity index (χ2n) is 7.24. The van der Waals surface area contributed by atoms with Crippen LogP contribution in [0.3, 0.4) is 0 Å². The van der Waals surface area contributed by atoms with E-state index in [9.17, 15) is 4.79 Å². The number of nitrogens with zero attached hydrogens (tertiary/aromatic N) is 3. The molecule has 4 rings (SSSR count). The van der Waals surface area contributed by atoms with E-state index in [2.05, 4.69) is 30.0 Å². The Labute approximate surface area is 169 Å². The fourth-order valence-corrected chi connectivity index (χ4v) is 4.68. The minimum atomic E-state index is -0.0940. The molecule has 1 aromatic carbocycles. The Balaban J connectivity index is 1.67. The average molecular weight is 396 g/mol. The average Bonchev–Trinajstić information content (AvgIpc) is 3.08. The van der Waals surface area contributed by atoms with Gasteiger partial charge in [0, 0.05) is 24.4 Å². The third-order valence-electron chi connectivity index (χ3n) is 5.09. The summed E-state index contributed by atoms with van der Waals surface area (Å²) in [5.74, 6) is 1.60. The summed E-state index contributed by atoms with van der Waals surface area (Å²) in [7, 11) is 0. The number of carbonyl (C=O) groups excluding carboxylic acids is 1. The molecule has 3 aromatic rings. The summed E-state index contributed by atoms with van der Waals surface area (Å²) < 4.78 is 5.26. The number of aryl methyl sites for hydroxylation is 1. The Kier molecular flexibility index (Phi) is 5.57. The molecule has 1 atom stereocenters. The first-order chi connectivity index (χ1) is 13.6. The summed E-state index contributed by atoms with van der Waals surface area (Å²) in [6.45, 7) is 5.95. The van der Waals surface area contributed by atoms with E-state index in [0.717, 1.165) is 41.2 Å². The van der Waals surface area contributed by atoms with E-state index in [-0.39, 0.29) is 11.9 Å². The molecule has 1 saturated heterocycles. The Morgan fingerprint density at radius 1 is 1.29 bits per heavy atom. The van der Waals surface area contributed by atoms with Gasteiger partial charge in [-0.1, -0.05) is 30.3 Å². The van der Waals surface area contributed by atoms with Crippen molar-refractivity contribution in [2.75, 3.05) is 24.6 Å². The fourth-order valence-electron chi connectivity index (χ4n) is 3.79. The van der Waals surface area contributed by atoms with Crippen molar-refractivity contribution in [3.8, 4) is 0 Å². The number of anilines is 1. The van der Waals surface area contributed by atoms with Crippen LogP contribution in [0, 0.1) is 12.8 Å². The minimum absolute atomic E-state index is 0.0870. The minimum Gasteiger partial charge on any atom is -0.466 e. The predicted octanol–water partition coefficient (Wildman–Crippen LogP) is 4.37. The van der Waals surface area contributed by atoms with Gasteiger partial charge in [0.15, 0.2) is 0 Å². The van der Waals surface area contributed by atoms with Crippen LogP contribution in [0.2, 0.25) is 0 Å². The van der Waals surface area contributed by atoms with Gasteiger partial charge in [-0.3, -0.25) is 4.79 Å². The monoisotopic (exact) mass is 395 g/mol. The normalized spacial score (nSPS) is 17.1. The van der Waals surface area contributed by atoms with Crippen molar-refractivity contribution in [3.05, 3.63) is 52.7 Å². The molecule has 1 unspecified atom stereocenters. The number of carbonyl (C=O) groups is 1. The third-order valence-corrected chi connectivity index (χ3v) is 6.03. The van der Waals surface area contributed by atoms with E-state index in [0.29, 0.717) is 19.6 Å². The third kappa shape index (κ3) is 4.02. The number of piperidine rings is 1. The highest BCUT2D eigenvalue weighted by atomic mass is 32.1. The Morgan fingerprint density at radius 2 is 2.11 bits per heavy atom. The lowest BCUT2D eigenvalue weighted by Crippen LogP contribution is -2.40. The molecule has 0 aliphatic carbocycles. The maximum absolute atomic E-state index is 12.3. The standard InChI is InChI=1S/C22H25N3O2S/c1-3-27-22(26)17-10-7-11-25(14-17)20-18-12-15(2)28-21(18)24-19(23-20)13-16-8-5-4-6-9-16/h4-6,8-9,12,17H,3,7,10-11,13-14H2,1-2H3. The zero-order chi connectivity index (χ0) is 19.5. The maximum atomic E-state index is 12.3. The number of fused-ring (bicyclic) bond motifs is 1. The zero-order valence-corrected chi connectivity index (χ0v) is 17.2. The molecule has 0 N–H and O–H groups in total. The van der Waals surface area contributed by atoms with Gasteiger partial charge in [-0.15, -0.1) is 11.3 Å². The van der Waals surface area contributed by atoms with Crippen LogP contribution in [0.25, 0.3) is 10.2 Å². The molecule has 1 fully saturated rings. The van der Waals surface area contributed by atoms with E-state index in [4.69, 9.17) is 14.7 Å². The molecule has 3 heterocycles. The van der Waals surface area contributed by atoms with Crippen LogP contribution in [0.1, 0.15) is 36.0 Å². The first-order valence-corrected chi connectivity index (χ1v) is 10.7. The molecule has 0 saturated carbocycles. The van der Waals surface area contributed by atoms with Gasteiger partial charge in [-0.05, 0) is 38.3 Å². The van der Waals surface area contributed by atoms with Crippen molar-refractivity contribution < 1.29 is 9.53 Å². The molecule has 0 radical (unpaired) electrons. The Morgan fingerprint density at radius 3 is 2.89 bits per heavy atom. The molecule has 28 heavy (non-hydrogen) atoms. The predicted molar refractivity (Wildman–Crippen MR) is 113 cm³/mol. The zero-order valence-electron chi connectivity index (χ0n) is 16.4. The summed E-state index contributed by atoms with van der Waals surface area (Å²) in [6, 6.07) is 12.5. The summed E-state index contributed by atoms with van der Waals surface area (Å²) in [6.07, 6.45) is 2.55. The van der Waals surface area contributed by atoms with Crippen LogP contribution in [-0.2, 0) is 16.0 Å². The Hall–Kier alpha value is -2.47. The largest absolute Gasteiger partial charge is 0.466 e. The van der Waals surface area contributed by atoms with Gasteiger partial charge in [0.25, 0.3) is 0 Å². The number of rotatable bonds is 5. The number of aromatic nitrogens is 2. The van der Waals surface area contributed by atoms with Crippen LogP contribution >= 0.6 is 11.3 Å². The maximum Gasteiger partial charge on any atom is 0.310 e. The van der Waals surface area contributed by atoms with Gasteiger partial charge in [0.05, 0.1) is 17.9 Å². The molecule has 5 nitrogen and oxygen atoms in total. The molecule has 146 valence electrons. The van der Waals surface area contributed by atoms with Crippen molar-refractivity contribution in [1.82, 2.24) is 9.97 Å². The lowest BCUT2D eigenvalue weighted by atomic mass is 9.98. The van der Waals surface area contributed by atoms with Crippen molar-refractivity contribution in [2.24, 2.45) is 5.92 Å². The first-order valence-electron chi connectivity index (χ1n) is 9.86. The van der Waals surface area contributed by atoms with Crippen LogP contribution in [0.5, 0.6) is 0 Å².